The Morgan fingerprint density at radius 3 is 2.84 bits per heavy atom. The molecular weight excluding hydrogens is 232 g/mol. The molecule has 1 N–H and O–H groups in total. The van der Waals surface area contributed by atoms with Crippen LogP contribution in [0.25, 0.3) is 5.57 Å². The fourth-order valence-corrected chi connectivity index (χ4v) is 2.76. The number of hydrogen-bond donors (Lipinski definition) is 1. The highest BCUT2D eigenvalue weighted by molar-refractivity contribution is 5.63. The van der Waals surface area contributed by atoms with Gasteiger partial charge in [-0.1, -0.05) is 36.4 Å². The van der Waals surface area contributed by atoms with Crippen molar-refractivity contribution in [2.75, 3.05) is 26.7 Å². The molecule has 1 heterocycles. The minimum atomic E-state index is 0.798. The third-order valence-corrected chi connectivity index (χ3v) is 4.11. The fraction of sp³-hybridized carbons (Fsp3) is 0.529. The number of hydrogen-bond acceptors (Lipinski definition) is 2. The van der Waals surface area contributed by atoms with E-state index < -0.39 is 0 Å². The molecule has 1 aliphatic heterocycles. The van der Waals surface area contributed by atoms with Crippen molar-refractivity contribution in [2.24, 2.45) is 0 Å². The lowest BCUT2D eigenvalue weighted by Crippen LogP contribution is -2.29. The summed E-state index contributed by atoms with van der Waals surface area (Å²) in [7, 11) is 2.25. The Hall–Kier alpha value is -1.12. The molecule has 2 nitrogen and oxygen atoms in total. The summed E-state index contributed by atoms with van der Waals surface area (Å²) in [6.45, 7) is 5.55. The topological polar surface area (TPSA) is 15.3 Å². The molecule has 0 spiro atoms. The first-order chi connectivity index (χ1) is 9.27. The maximum absolute atomic E-state index is 3.53. The maximum Gasteiger partial charge on any atom is 0.0140 e. The van der Waals surface area contributed by atoms with Gasteiger partial charge in [0.1, 0.15) is 0 Å². The van der Waals surface area contributed by atoms with E-state index in [1.807, 2.05) is 0 Å². The van der Waals surface area contributed by atoms with Crippen LogP contribution in [-0.2, 0) is 0 Å². The predicted octanol–water partition coefficient (Wildman–Crippen LogP) is 3.16. The Bertz CT molecular complexity index is 397. The number of allylic oxidation sites excluding steroid dienone is 1. The first kappa shape index (κ1) is 14.3. The molecule has 1 fully saturated rings. The SMILES string of the molecule is C/C(=C\CNCCC1CCCN1C)c1ccccc1. The predicted molar refractivity (Wildman–Crippen MR) is 83.2 cm³/mol. The summed E-state index contributed by atoms with van der Waals surface area (Å²) in [5.74, 6) is 0. The van der Waals surface area contributed by atoms with Gasteiger partial charge >= 0.3 is 0 Å². The zero-order chi connectivity index (χ0) is 13.5. The van der Waals surface area contributed by atoms with Crippen LogP contribution in [0.5, 0.6) is 0 Å². The third-order valence-electron chi connectivity index (χ3n) is 4.11. The second-order valence-corrected chi connectivity index (χ2v) is 5.52. The van der Waals surface area contributed by atoms with Crippen molar-refractivity contribution in [1.29, 1.82) is 0 Å². The fourth-order valence-electron chi connectivity index (χ4n) is 2.76. The van der Waals surface area contributed by atoms with Crippen LogP contribution in [0.1, 0.15) is 31.7 Å². The second-order valence-electron chi connectivity index (χ2n) is 5.52. The smallest absolute Gasteiger partial charge is 0.0140 e. The summed E-state index contributed by atoms with van der Waals surface area (Å²) in [5.41, 5.74) is 2.67. The molecule has 1 aromatic rings. The van der Waals surface area contributed by atoms with Crippen molar-refractivity contribution < 1.29 is 0 Å². The molecule has 1 unspecified atom stereocenters. The van der Waals surface area contributed by atoms with Crippen LogP contribution in [0.4, 0.5) is 0 Å². The van der Waals surface area contributed by atoms with E-state index >= 15 is 0 Å². The van der Waals surface area contributed by atoms with E-state index in [-0.39, 0.29) is 0 Å². The highest BCUT2D eigenvalue weighted by Gasteiger charge is 2.19. The van der Waals surface area contributed by atoms with Gasteiger partial charge in [0.15, 0.2) is 0 Å². The second kappa shape index (κ2) is 7.46. The summed E-state index contributed by atoms with van der Waals surface area (Å²) < 4.78 is 0. The number of nitrogens with zero attached hydrogens (tertiary/aromatic N) is 1. The van der Waals surface area contributed by atoms with E-state index in [0.717, 1.165) is 19.1 Å². The average molecular weight is 258 g/mol. The lowest BCUT2D eigenvalue weighted by atomic mass is 10.1. The quantitative estimate of drug-likeness (QED) is 0.789. The maximum atomic E-state index is 3.53. The molecule has 2 rings (SSSR count). The van der Waals surface area contributed by atoms with E-state index in [0.29, 0.717) is 0 Å². The van der Waals surface area contributed by atoms with Crippen LogP contribution in [0.15, 0.2) is 36.4 Å². The summed E-state index contributed by atoms with van der Waals surface area (Å²) in [5, 5.41) is 3.53. The largest absolute Gasteiger partial charge is 0.313 e. The van der Waals surface area contributed by atoms with Crippen molar-refractivity contribution in [1.82, 2.24) is 10.2 Å². The molecule has 1 saturated heterocycles. The summed E-state index contributed by atoms with van der Waals surface area (Å²) in [6, 6.07) is 11.4. The third kappa shape index (κ3) is 4.48. The first-order valence-electron chi connectivity index (χ1n) is 7.40. The van der Waals surface area contributed by atoms with Crippen molar-refractivity contribution in [3.8, 4) is 0 Å². The Kier molecular flexibility index (Phi) is 5.62. The molecule has 1 atom stereocenters. The normalized spacial score (nSPS) is 20.9. The van der Waals surface area contributed by atoms with Crippen molar-refractivity contribution >= 4 is 5.57 Å². The van der Waals surface area contributed by atoms with Gasteiger partial charge in [0, 0.05) is 12.6 Å². The Morgan fingerprint density at radius 1 is 1.37 bits per heavy atom. The van der Waals surface area contributed by atoms with Gasteiger partial charge < -0.3 is 10.2 Å². The van der Waals surface area contributed by atoms with Gasteiger partial charge in [-0.3, -0.25) is 0 Å². The van der Waals surface area contributed by atoms with Crippen LogP contribution < -0.4 is 5.32 Å². The van der Waals surface area contributed by atoms with Crippen LogP contribution in [-0.4, -0.2) is 37.6 Å². The lowest BCUT2D eigenvalue weighted by Gasteiger charge is -2.19. The summed E-state index contributed by atoms with van der Waals surface area (Å²) in [4.78, 5) is 2.49. The molecule has 0 aromatic heterocycles. The highest BCUT2D eigenvalue weighted by atomic mass is 15.1. The number of nitrogens with one attached hydrogen (secondary N) is 1. The lowest BCUT2D eigenvalue weighted by molar-refractivity contribution is 0.294. The number of rotatable bonds is 6. The van der Waals surface area contributed by atoms with E-state index in [1.165, 1.54) is 36.9 Å². The molecule has 1 aliphatic rings. The molecule has 104 valence electrons. The molecule has 0 aliphatic carbocycles. The van der Waals surface area contributed by atoms with Crippen LogP contribution in [0, 0.1) is 0 Å². The van der Waals surface area contributed by atoms with Crippen molar-refractivity contribution in [3.05, 3.63) is 42.0 Å². The van der Waals surface area contributed by atoms with Crippen molar-refractivity contribution in [2.45, 2.75) is 32.2 Å². The summed E-state index contributed by atoms with van der Waals surface area (Å²) >= 11 is 0. The van der Waals surface area contributed by atoms with E-state index in [4.69, 9.17) is 0 Å². The standard InChI is InChI=1S/C17H26N2/c1-15(16-7-4-3-5-8-16)10-12-18-13-11-17-9-6-14-19(17)2/h3-5,7-8,10,17-18H,6,9,11-14H2,1-2H3/b15-10+. The molecular formula is C17H26N2. The molecule has 0 amide bonds. The molecule has 0 saturated carbocycles. The minimum Gasteiger partial charge on any atom is -0.313 e. The monoisotopic (exact) mass is 258 g/mol. The number of likely N-dealkylation sites (tertiary alicyclic amines) is 1. The molecule has 0 bridgehead atoms. The van der Waals surface area contributed by atoms with Crippen molar-refractivity contribution in [3.63, 3.8) is 0 Å². The first-order valence-corrected chi connectivity index (χ1v) is 7.40. The average Bonchev–Trinajstić information content (AvgIpc) is 2.85. The Labute approximate surface area is 117 Å². The summed E-state index contributed by atoms with van der Waals surface area (Å²) in [6.07, 6.45) is 6.30. The van der Waals surface area contributed by atoms with Crippen LogP contribution in [0.2, 0.25) is 0 Å². The molecule has 1 aromatic carbocycles. The van der Waals surface area contributed by atoms with E-state index in [2.05, 4.69) is 60.6 Å². The zero-order valence-electron chi connectivity index (χ0n) is 12.2. The van der Waals surface area contributed by atoms with Crippen LogP contribution in [0.3, 0.4) is 0 Å². The molecule has 0 radical (unpaired) electrons. The Morgan fingerprint density at radius 2 is 2.16 bits per heavy atom. The molecule has 2 heteroatoms. The van der Waals surface area contributed by atoms with Gasteiger partial charge in [-0.05, 0) is 57.5 Å². The Balaban J connectivity index is 1.66. The zero-order valence-corrected chi connectivity index (χ0v) is 12.2. The number of benzene rings is 1. The van der Waals surface area contributed by atoms with Gasteiger partial charge in [0.05, 0.1) is 0 Å². The minimum absolute atomic E-state index is 0.798. The van der Waals surface area contributed by atoms with E-state index in [9.17, 15) is 0 Å². The molecule has 19 heavy (non-hydrogen) atoms. The van der Waals surface area contributed by atoms with Gasteiger partial charge in [-0.15, -0.1) is 0 Å². The van der Waals surface area contributed by atoms with Crippen LogP contribution >= 0.6 is 0 Å². The van der Waals surface area contributed by atoms with E-state index in [1.54, 1.807) is 0 Å². The van der Waals surface area contributed by atoms with Gasteiger partial charge in [0.25, 0.3) is 0 Å². The van der Waals surface area contributed by atoms with Gasteiger partial charge in [-0.25, -0.2) is 0 Å². The van der Waals surface area contributed by atoms with Gasteiger partial charge in [0.2, 0.25) is 0 Å². The highest BCUT2D eigenvalue weighted by Crippen LogP contribution is 2.17. The van der Waals surface area contributed by atoms with Gasteiger partial charge in [-0.2, -0.15) is 0 Å².